The van der Waals surface area contributed by atoms with Crippen LogP contribution in [0.4, 0.5) is 0 Å². The molecular formula is C42H72N8O4. The standard InChI is InChI=1S/C42H72N8O4/c1-37(2)25-31(26-38(3,4)49(37)53-33-17-13-11-14-18-33)48(32-27-39(5,6)50(40(7,8)28-32)54-34-19-15-12-16-20-34)36(52)22-24-42(10,30-44)47-46-41(9,29-43)23-21-35(45)51/h31-34H,11-28H2,1-10H3,(H2,45,51). The average molecular weight is 753 g/mol. The number of hydroxylamine groups is 4. The first-order chi connectivity index (χ1) is 25.1. The van der Waals surface area contributed by atoms with Crippen molar-refractivity contribution in [3.05, 3.63) is 0 Å². The highest BCUT2D eigenvalue weighted by Gasteiger charge is 2.54. The van der Waals surface area contributed by atoms with Gasteiger partial charge in [0.1, 0.15) is 0 Å². The number of nitriles is 2. The quantitative estimate of drug-likeness (QED) is 0.173. The van der Waals surface area contributed by atoms with Crippen molar-refractivity contribution in [1.82, 2.24) is 15.0 Å². The third-order valence-electron chi connectivity index (χ3n) is 12.5. The van der Waals surface area contributed by atoms with Crippen molar-refractivity contribution in [2.45, 2.75) is 242 Å². The molecule has 54 heavy (non-hydrogen) atoms. The van der Waals surface area contributed by atoms with Gasteiger partial charge in [0.05, 0.1) is 24.3 Å². The predicted molar refractivity (Wildman–Crippen MR) is 209 cm³/mol. The number of carbonyl (C=O) groups excluding carboxylic acids is 2. The molecule has 2 saturated carbocycles. The van der Waals surface area contributed by atoms with E-state index in [0.717, 1.165) is 51.4 Å². The minimum Gasteiger partial charge on any atom is -0.370 e. The number of nitrogens with two attached hydrogens (primary N) is 1. The Morgan fingerprint density at radius 1 is 0.667 bits per heavy atom. The van der Waals surface area contributed by atoms with Crippen LogP contribution in [0.15, 0.2) is 10.2 Å². The number of amides is 2. The Hall–Kier alpha value is -2.64. The molecule has 2 N–H and O–H groups in total. The lowest BCUT2D eigenvalue weighted by Crippen LogP contribution is -2.69. The van der Waals surface area contributed by atoms with Gasteiger partial charge in [-0.2, -0.15) is 30.9 Å². The van der Waals surface area contributed by atoms with Gasteiger partial charge in [-0.25, -0.2) is 0 Å². The van der Waals surface area contributed by atoms with Crippen molar-refractivity contribution in [2.24, 2.45) is 16.0 Å². The molecule has 2 heterocycles. The molecule has 4 rings (SSSR count). The number of nitrogens with zero attached hydrogens (tertiary/aromatic N) is 7. The molecule has 0 spiro atoms. The fourth-order valence-electron chi connectivity index (χ4n) is 10.1. The van der Waals surface area contributed by atoms with E-state index in [9.17, 15) is 20.1 Å². The van der Waals surface area contributed by atoms with Gasteiger partial charge in [-0.1, -0.05) is 38.5 Å². The lowest BCUT2D eigenvalue weighted by atomic mass is 9.74. The molecule has 0 aromatic heterocycles. The summed E-state index contributed by atoms with van der Waals surface area (Å²) in [6.07, 6.45) is 15.4. The van der Waals surface area contributed by atoms with E-state index in [0.29, 0.717) is 0 Å². The number of rotatable bonds is 14. The van der Waals surface area contributed by atoms with Crippen LogP contribution in [0.1, 0.15) is 185 Å². The second-order valence-electron chi connectivity index (χ2n) is 19.9. The highest BCUT2D eigenvalue weighted by Crippen LogP contribution is 2.47. The number of azo groups is 1. The first kappa shape index (κ1) is 44.1. The number of primary amides is 1. The number of piperidine rings is 2. The molecule has 4 aliphatic rings. The largest absolute Gasteiger partial charge is 0.370 e. The zero-order valence-corrected chi connectivity index (χ0v) is 35.4. The summed E-state index contributed by atoms with van der Waals surface area (Å²) in [6.45, 7) is 21.2. The summed E-state index contributed by atoms with van der Waals surface area (Å²) in [5, 5.41) is 33.2. The van der Waals surface area contributed by atoms with Gasteiger partial charge in [0.25, 0.3) is 0 Å². The van der Waals surface area contributed by atoms with E-state index in [1.54, 1.807) is 13.8 Å². The maximum atomic E-state index is 14.9. The van der Waals surface area contributed by atoms with Gasteiger partial charge in [0.2, 0.25) is 11.8 Å². The second-order valence-corrected chi connectivity index (χ2v) is 19.9. The van der Waals surface area contributed by atoms with Gasteiger partial charge < -0.3 is 10.6 Å². The van der Waals surface area contributed by atoms with E-state index in [2.05, 4.69) is 92.8 Å². The van der Waals surface area contributed by atoms with Gasteiger partial charge >= 0.3 is 0 Å². The Kier molecular flexibility index (Phi) is 14.1. The minimum atomic E-state index is -1.34. The van der Waals surface area contributed by atoms with Gasteiger partial charge in [0.15, 0.2) is 11.1 Å². The van der Waals surface area contributed by atoms with E-state index < -0.39 is 17.0 Å². The van der Waals surface area contributed by atoms with Crippen LogP contribution in [0.2, 0.25) is 0 Å². The summed E-state index contributed by atoms with van der Waals surface area (Å²) >= 11 is 0. The summed E-state index contributed by atoms with van der Waals surface area (Å²) < 4.78 is 0. The Balaban J connectivity index is 1.63. The smallest absolute Gasteiger partial charge is 0.223 e. The normalized spacial score (nSPS) is 26.7. The maximum absolute atomic E-state index is 14.9. The van der Waals surface area contributed by atoms with Crippen LogP contribution in [-0.2, 0) is 19.3 Å². The van der Waals surface area contributed by atoms with Crippen LogP contribution >= 0.6 is 0 Å². The molecule has 304 valence electrons. The first-order valence-electron chi connectivity index (χ1n) is 20.9. The highest BCUT2D eigenvalue weighted by molar-refractivity contribution is 5.77. The zero-order valence-electron chi connectivity index (χ0n) is 35.4. The fraction of sp³-hybridized carbons (Fsp3) is 0.905. The SMILES string of the molecule is CC(C#N)(CCC(N)=O)N=NC(C)(C#N)CCC(=O)N(C1CC(C)(C)N(OC2CCCCC2)C(C)(C)C1)C1CC(C)(C)N(OC2CCCCC2)C(C)(C)C1. The molecule has 4 fully saturated rings. The molecule has 2 amide bonds. The van der Waals surface area contributed by atoms with Crippen LogP contribution in [0.5, 0.6) is 0 Å². The third kappa shape index (κ3) is 11.0. The van der Waals surface area contributed by atoms with Crippen LogP contribution < -0.4 is 5.73 Å². The molecule has 2 unspecified atom stereocenters. The molecule has 12 nitrogen and oxygen atoms in total. The predicted octanol–water partition coefficient (Wildman–Crippen LogP) is 8.45. The molecule has 0 bridgehead atoms. The molecule has 0 aromatic rings. The van der Waals surface area contributed by atoms with Crippen molar-refractivity contribution < 1.29 is 19.3 Å². The zero-order chi connectivity index (χ0) is 40.2. The topological polar surface area (TPSA) is 161 Å². The lowest BCUT2D eigenvalue weighted by molar-refractivity contribution is -0.322. The molecule has 0 aromatic carbocycles. The summed E-state index contributed by atoms with van der Waals surface area (Å²) in [7, 11) is 0. The lowest BCUT2D eigenvalue weighted by Gasteiger charge is -2.60. The van der Waals surface area contributed by atoms with Crippen molar-refractivity contribution >= 4 is 11.8 Å². The average Bonchev–Trinajstić information content (AvgIpc) is 3.09. The molecule has 0 radical (unpaired) electrons. The van der Waals surface area contributed by atoms with Crippen molar-refractivity contribution in [1.29, 1.82) is 10.5 Å². The maximum Gasteiger partial charge on any atom is 0.223 e. The van der Waals surface area contributed by atoms with E-state index >= 15 is 0 Å². The van der Waals surface area contributed by atoms with E-state index in [1.165, 1.54) is 38.5 Å². The fourth-order valence-corrected chi connectivity index (χ4v) is 10.1. The van der Waals surface area contributed by atoms with Crippen LogP contribution in [0.3, 0.4) is 0 Å². The number of carbonyl (C=O) groups is 2. The summed E-state index contributed by atoms with van der Waals surface area (Å²) in [5.41, 5.74) is 1.35. The molecule has 2 saturated heterocycles. The van der Waals surface area contributed by atoms with E-state index in [-0.39, 0.29) is 78.0 Å². The van der Waals surface area contributed by atoms with Crippen molar-refractivity contribution in [3.63, 3.8) is 0 Å². The first-order valence-corrected chi connectivity index (χ1v) is 20.9. The Morgan fingerprint density at radius 2 is 1.00 bits per heavy atom. The molecular weight excluding hydrogens is 681 g/mol. The molecule has 2 atom stereocenters. The Morgan fingerprint density at radius 3 is 1.31 bits per heavy atom. The summed E-state index contributed by atoms with van der Waals surface area (Å²) in [5.74, 6) is -0.532. The molecule has 12 heteroatoms. The van der Waals surface area contributed by atoms with Gasteiger partial charge in [0, 0.05) is 47.1 Å². The van der Waals surface area contributed by atoms with Crippen LogP contribution in [-0.4, -0.2) is 84.4 Å². The molecule has 2 aliphatic heterocycles. The number of hydrogen-bond acceptors (Lipinski definition) is 10. The molecule has 2 aliphatic carbocycles. The Bertz CT molecular complexity index is 1320. The second kappa shape index (κ2) is 17.2. The third-order valence-corrected chi connectivity index (χ3v) is 12.5. The number of hydrogen-bond donors (Lipinski definition) is 1. The van der Waals surface area contributed by atoms with E-state index in [1.807, 2.05) is 0 Å². The minimum absolute atomic E-state index is 0.0000499. The summed E-state index contributed by atoms with van der Waals surface area (Å²) in [6, 6.07) is 4.26. The van der Waals surface area contributed by atoms with Crippen LogP contribution in [0, 0.1) is 22.7 Å². The van der Waals surface area contributed by atoms with Gasteiger partial charge in [-0.15, -0.1) is 0 Å². The van der Waals surface area contributed by atoms with E-state index in [4.69, 9.17) is 15.4 Å². The van der Waals surface area contributed by atoms with Crippen molar-refractivity contribution in [2.75, 3.05) is 0 Å². The van der Waals surface area contributed by atoms with Gasteiger partial charge in [-0.3, -0.25) is 19.3 Å². The van der Waals surface area contributed by atoms with Crippen molar-refractivity contribution in [3.8, 4) is 12.1 Å². The Labute approximate surface area is 326 Å². The highest BCUT2D eigenvalue weighted by atomic mass is 16.7. The van der Waals surface area contributed by atoms with Gasteiger partial charge in [-0.05, 0) is 133 Å². The summed E-state index contributed by atoms with van der Waals surface area (Å²) in [4.78, 5) is 42.2. The monoisotopic (exact) mass is 753 g/mol. The van der Waals surface area contributed by atoms with Crippen LogP contribution in [0.25, 0.3) is 0 Å².